The van der Waals surface area contributed by atoms with Gasteiger partial charge in [-0.05, 0) is 24.3 Å². The largest absolute Gasteiger partial charge is 0.464 e. The molecule has 0 N–H and O–H groups in total. The number of nitrogens with zero attached hydrogens (tertiary/aromatic N) is 1. The van der Waals surface area contributed by atoms with E-state index in [-0.39, 0.29) is 5.82 Å². The fraction of sp³-hybridized carbons (Fsp3) is 0.154. The van der Waals surface area contributed by atoms with E-state index in [2.05, 4.69) is 4.74 Å². The summed E-state index contributed by atoms with van der Waals surface area (Å²) in [7, 11) is 3.02. The molecule has 0 spiro atoms. The molecule has 2 rings (SSSR count). The summed E-state index contributed by atoms with van der Waals surface area (Å²) in [5.74, 6) is -0.750. The Morgan fingerprint density at radius 1 is 1.24 bits per heavy atom. The predicted octanol–water partition coefficient (Wildman–Crippen LogP) is 2.62. The highest BCUT2D eigenvalue weighted by Crippen LogP contribution is 2.24. The van der Waals surface area contributed by atoms with Gasteiger partial charge in [0.15, 0.2) is 0 Å². The van der Waals surface area contributed by atoms with Crippen molar-refractivity contribution in [3.05, 3.63) is 47.9 Å². The van der Waals surface area contributed by atoms with E-state index < -0.39 is 5.97 Å². The third-order valence-corrected chi connectivity index (χ3v) is 2.67. The molecule has 17 heavy (non-hydrogen) atoms. The SMILES string of the molecule is COC(=O)c1ccc(-c2ccccc2F)n1C. The van der Waals surface area contributed by atoms with Crippen molar-refractivity contribution in [3.63, 3.8) is 0 Å². The molecule has 0 aliphatic rings. The molecule has 0 saturated heterocycles. The Kier molecular flexibility index (Phi) is 2.95. The fourth-order valence-electron chi connectivity index (χ4n) is 1.76. The number of hydrogen-bond acceptors (Lipinski definition) is 2. The maximum atomic E-state index is 13.6. The Balaban J connectivity index is 2.52. The topological polar surface area (TPSA) is 31.2 Å². The van der Waals surface area contributed by atoms with Crippen LogP contribution in [0.5, 0.6) is 0 Å². The molecular weight excluding hydrogens is 221 g/mol. The average molecular weight is 233 g/mol. The summed E-state index contributed by atoms with van der Waals surface area (Å²) < 4.78 is 19.9. The second-order valence-electron chi connectivity index (χ2n) is 3.63. The monoisotopic (exact) mass is 233 g/mol. The first-order chi connectivity index (χ1) is 8.15. The van der Waals surface area contributed by atoms with E-state index in [1.807, 2.05) is 0 Å². The van der Waals surface area contributed by atoms with Crippen molar-refractivity contribution in [2.45, 2.75) is 0 Å². The molecule has 4 heteroatoms. The van der Waals surface area contributed by atoms with Crippen molar-refractivity contribution < 1.29 is 13.9 Å². The van der Waals surface area contributed by atoms with Crippen LogP contribution in [0.4, 0.5) is 4.39 Å². The number of carbonyl (C=O) groups is 1. The molecule has 88 valence electrons. The summed E-state index contributed by atoms with van der Waals surface area (Å²) in [5.41, 5.74) is 1.50. The minimum absolute atomic E-state index is 0.315. The Morgan fingerprint density at radius 3 is 2.59 bits per heavy atom. The van der Waals surface area contributed by atoms with Gasteiger partial charge in [0.1, 0.15) is 11.5 Å². The zero-order chi connectivity index (χ0) is 12.4. The molecule has 1 aromatic carbocycles. The molecule has 0 amide bonds. The quantitative estimate of drug-likeness (QED) is 0.746. The van der Waals surface area contributed by atoms with Gasteiger partial charge >= 0.3 is 5.97 Å². The summed E-state index contributed by atoms with van der Waals surface area (Å²) >= 11 is 0. The lowest BCUT2D eigenvalue weighted by atomic mass is 10.1. The van der Waals surface area contributed by atoms with E-state index >= 15 is 0 Å². The third kappa shape index (κ3) is 1.93. The van der Waals surface area contributed by atoms with E-state index in [9.17, 15) is 9.18 Å². The Morgan fingerprint density at radius 2 is 1.94 bits per heavy atom. The molecule has 0 unspecified atom stereocenters. The predicted molar refractivity (Wildman–Crippen MR) is 62.1 cm³/mol. The van der Waals surface area contributed by atoms with Gasteiger partial charge < -0.3 is 9.30 Å². The zero-order valence-corrected chi connectivity index (χ0v) is 9.61. The standard InChI is InChI=1S/C13H12FNO2/c1-15-11(7-8-12(15)13(16)17-2)9-5-3-4-6-10(9)14/h3-8H,1-2H3. The van der Waals surface area contributed by atoms with Crippen molar-refractivity contribution in [1.29, 1.82) is 0 Å². The first kappa shape index (κ1) is 11.4. The number of aromatic nitrogens is 1. The fourth-order valence-corrected chi connectivity index (χ4v) is 1.76. The number of esters is 1. The van der Waals surface area contributed by atoms with Gasteiger partial charge in [0.05, 0.1) is 12.8 Å². The van der Waals surface area contributed by atoms with E-state index in [4.69, 9.17) is 0 Å². The number of methoxy groups -OCH3 is 1. The Hall–Kier alpha value is -2.10. The lowest BCUT2D eigenvalue weighted by Crippen LogP contribution is -2.08. The first-order valence-electron chi connectivity index (χ1n) is 5.14. The van der Waals surface area contributed by atoms with Gasteiger partial charge in [-0.2, -0.15) is 0 Å². The second kappa shape index (κ2) is 4.41. The number of rotatable bonds is 2. The minimum Gasteiger partial charge on any atom is -0.464 e. The molecule has 0 saturated carbocycles. The van der Waals surface area contributed by atoms with Gasteiger partial charge in [0.25, 0.3) is 0 Å². The number of ether oxygens (including phenoxy) is 1. The highest BCUT2D eigenvalue weighted by Gasteiger charge is 2.15. The normalized spacial score (nSPS) is 10.3. The van der Waals surface area contributed by atoms with Gasteiger partial charge in [-0.15, -0.1) is 0 Å². The molecule has 0 radical (unpaired) electrons. The van der Waals surface area contributed by atoms with Gasteiger partial charge in [0, 0.05) is 12.6 Å². The van der Waals surface area contributed by atoms with Gasteiger partial charge in [-0.3, -0.25) is 0 Å². The number of halogens is 1. The van der Waals surface area contributed by atoms with E-state index in [1.165, 1.54) is 13.2 Å². The average Bonchev–Trinajstić information content (AvgIpc) is 2.71. The van der Waals surface area contributed by atoms with Crippen LogP contribution in [-0.4, -0.2) is 17.6 Å². The van der Waals surface area contributed by atoms with Crippen LogP contribution in [0, 0.1) is 5.82 Å². The molecule has 1 heterocycles. The molecule has 0 aliphatic heterocycles. The van der Waals surface area contributed by atoms with Crippen molar-refractivity contribution in [2.75, 3.05) is 7.11 Å². The molecule has 3 nitrogen and oxygen atoms in total. The maximum Gasteiger partial charge on any atom is 0.354 e. The van der Waals surface area contributed by atoms with Crippen LogP contribution in [0.2, 0.25) is 0 Å². The van der Waals surface area contributed by atoms with Crippen LogP contribution in [0.15, 0.2) is 36.4 Å². The van der Waals surface area contributed by atoms with Gasteiger partial charge in [-0.1, -0.05) is 12.1 Å². The van der Waals surface area contributed by atoms with E-state index in [0.29, 0.717) is 17.0 Å². The first-order valence-corrected chi connectivity index (χ1v) is 5.14. The van der Waals surface area contributed by atoms with Crippen LogP contribution in [0.3, 0.4) is 0 Å². The van der Waals surface area contributed by atoms with Crippen molar-refractivity contribution in [3.8, 4) is 11.3 Å². The van der Waals surface area contributed by atoms with Crippen LogP contribution in [0.1, 0.15) is 10.5 Å². The zero-order valence-electron chi connectivity index (χ0n) is 9.61. The summed E-state index contributed by atoms with van der Waals surface area (Å²) in [4.78, 5) is 11.4. The van der Waals surface area contributed by atoms with Gasteiger partial charge in [0.2, 0.25) is 0 Å². The molecule has 0 aliphatic carbocycles. The minimum atomic E-state index is -0.435. The molecule has 1 aromatic heterocycles. The molecular formula is C13H12FNO2. The number of carbonyl (C=O) groups excluding carboxylic acids is 1. The van der Waals surface area contributed by atoms with Crippen LogP contribution < -0.4 is 0 Å². The molecule has 0 atom stereocenters. The van der Waals surface area contributed by atoms with Crippen LogP contribution >= 0.6 is 0 Å². The van der Waals surface area contributed by atoms with Crippen molar-refractivity contribution >= 4 is 5.97 Å². The van der Waals surface area contributed by atoms with E-state index in [1.54, 1.807) is 41.9 Å². The summed E-state index contributed by atoms with van der Waals surface area (Å²) in [6.45, 7) is 0. The Labute approximate surface area is 98.4 Å². The third-order valence-electron chi connectivity index (χ3n) is 2.67. The molecule has 2 aromatic rings. The smallest absolute Gasteiger partial charge is 0.354 e. The molecule has 0 bridgehead atoms. The lowest BCUT2D eigenvalue weighted by Gasteiger charge is -2.07. The number of benzene rings is 1. The van der Waals surface area contributed by atoms with E-state index in [0.717, 1.165) is 0 Å². The highest BCUT2D eigenvalue weighted by molar-refractivity contribution is 5.89. The number of hydrogen-bond donors (Lipinski definition) is 0. The molecule has 0 fully saturated rings. The van der Waals surface area contributed by atoms with Crippen LogP contribution in [0.25, 0.3) is 11.3 Å². The second-order valence-corrected chi connectivity index (χ2v) is 3.63. The van der Waals surface area contributed by atoms with Gasteiger partial charge in [-0.25, -0.2) is 9.18 Å². The highest BCUT2D eigenvalue weighted by atomic mass is 19.1. The Bertz CT molecular complexity index is 560. The summed E-state index contributed by atoms with van der Waals surface area (Å²) in [5, 5.41) is 0. The summed E-state index contributed by atoms with van der Waals surface area (Å²) in [6, 6.07) is 9.76. The van der Waals surface area contributed by atoms with Crippen molar-refractivity contribution in [1.82, 2.24) is 4.57 Å². The maximum absolute atomic E-state index is 13.6. The van der Waals surface area contributed by atoms with Crippen LogP contribution in [-0.2, 0) is 11.8 Å². The summed E-state index contributed by atoms with van der Waals surface area (Å²) in [6.07, 6.45) is 0. The lowest BCUT2D eigenvalue weighted by molar-refractivity contribution is 0.0590. The van der Waals surface area contributed by atoms with Crippen molar-refractivity contribution in [2.24, 2.45) is 7.05 Å².